The highest BCUT2D eigenvalue weighted by Gasteiger charge is 2.13. The molecule has 0 aliphatic carbocycles. The largest absolute Gasteiger partial charge is 0.317 e. The molecule has 0 bridgehead atoms. The Labute approximate surface area is 106 Å². The van der Waals surface area contributed by atoms with E-state index in [-0.39, 0.29) is 0 Å². The van der Waals surface area contributed by atoms with Crippen LogP contribution in [-0.2, 0) is 0 Å². The molecule has 1 saturated heterocycles. The molecule has 0 spiro atoms. The molecule has 1 heterocycles. The maximum absolute atomic E-state index is 3.42. The van der Waals surface area contributed by atoms with Crippen molar-refractivity contribution in [2.45, 2.75) is 38.4 Å². The standard InChI is InChI=1S/C13H28N2S/c1-4-12(2)11-15(3)9-10-16-13-5-7-14-8-6-13/h12-14H,4-11H2,1-3H3. The average molecular weight is 244 g/mol. The van der Waals surface area contributed by atoms with Gasteiger partial charge in [-0.2, -0.15) is 11.8 Å². The van der Waals surface area contributed by atoms with Gasteiger partial charge in [0.1, 0.15) is 0 Å². The molecule has 1 fully saturated rings. The van der Waals surface area contributed by atoms with Crippen LogP contribution in [0.2, 0.25) is 0 Å². The van der Waals surface area contributed by atoms with Crippen LogP contribution in [0, 0.1) is 5.92 Å². The number of piperidine rings is 1. The summed E-state index contributed by atoms with van der Waals surface area (Å²) in [6, 6.07) is 0. The molecule has 0 aromatic carbocycles. The molecule has 0 radical (unpaired) electrons. The fourth-order valence-corrected chi connectivity index (χ4v) is 3.41. The second kappa shape index (κ2) is 8.37. The molecule has 1 rings (SSSR count). The summed E-state index contributed by atoms with van der Waals surface area (Å²) in [6.45, 7) is 9.57. The highest BCUT2D eigenvalue weighted by atomic mass is 32.2. The highest BCUT2D eigenvalue weighted by molar-refractivity contribution is 7.99. The summed E-state index contributed by atoms with van der Waals surface area (Å²) in [5.74, 6) is 2.14. The maximum Gasteiger partial charge on any atom is 0.00716 e. The van der Waals surface area contributed by atoms with E-state index in [2.05, 4.69) is 42.9 Å². The number of hydrogen-bond acceptors (Lipinski definition) is 3. The van der Waals surface area contributed by atoms with Gasteiger partial charge in [0.05, 0.1) is 0 Å². The van der Waals surface area contributed by atoms with Crippen LogP contribution in [0.3, 0.4) is 0 Å². The molecule has 1 N–H and O–H groups in total. The Hall–Kier alpha value is 0.270. The van der Waals surface area contributed by atoms with Gasteiger partial charge in [-0.3, -0.25) is 0 Å². The summed E-state index contributed by atoms with van der Waals surface area (Å²) >= 11 is 2.18. The third-order valence-electron chi connectivity index (χ3n) is 3.43. The van der Waals surface area contributed by atoms with Crippen molar-refractivity contribution in [2.75, 3.05) is 39.0 Å². The van der Waals surface area contributed by atoms with Crippen molar-refractivity contribution < 1.29 is 0 Å². The van der Waals surface area contributed by atoms with Gasteiger partial charge >= 0.3 is 0 Å². The Kier molecular flexibility index (Phi) is 7.50. The van der Waals surface area contributed by atoms with E-state index >= 15 is 0 Å². The van der Waals surface area contributed by atoms with Crippen molar-refractivity contribution in [2.24, 2.45) is 5.92 Å². The zero-order valence-electron chi connectivity index (χ0n) is 11.2. The molecule has 1 unspecified atom stereocenters. The predicted molar refractivity (Wildman–Crippen MR) is 75.3 cm³/mol. The van der Waals surface area contributed by atoms with E-state index in [0.29, 0.717) is 0 Å². The van der Waals surface area contributed by atoms with Crippen molar-refractivity contribution in [1.29, 1.82) is 0 Å². The van der Waals surface area contributed by atoms with Gasteiger partial charge in [-0.25, -0.2) is 0 Å². The lowest BCUT2D eigenvalue weighted by atomic mass is 10.1. The van der Waals surface area contributed by atoms with E-state index in [0.717, 1.165) is 11.2 Å². The summed E-state index contributed by atoms with van der Waals surface area (Å²) in [5.41, 5.74) is 0. The van der Waals surface area contributed by atoms with Crippen molar-refractivity contribution >= 4 is 11.8 Å². The lowest BCUT2D eigenvalue weighted by molar-refractivity contribution is 0.297. The van der Waals surface area contributed by atoms with E-state index < -0.39 is 0 Å². The van der Waals surface area contributed by atoms with E-state index in [9.17, 15) is 0 Å². The Balaban J connectivity index is 2.00. The highest BCUT2D eigenvalue weighted by Crippen LogP contribution is 2.19. The van der Waals surface area contributed by atoms with Crippen molar-refractivity contribution in [3.63, 3.8) is 0 Å². The van der Waals surface area contributed by atoms with Gasteiger partial charge in [-0.1, -0.05) is 20.3 Å². The smallest absolute Gasteiger partial charge is 0.00716 e. The Bertz CT molecular complexity index is 169. The van der Waals surface area contributed by atoms with Crippen LogP contribution in [0.5, 0.6) is 0 Å². The molecule has 1 aliphatic rings. The zero-order chi connectivity index (χ0) is 11.8. The van der Waals surface area contributed by atoms with Gasteiger partial charge in [0, 0.05) is 24.1 Å². The average Bonchev–Trinajstić information content (AvgIpc) is 2.30. The van der Waals surface area contributed by atoms with E-state index in [1.165, 1.54) is 51.2 Å². The van der Waals surface area contributed by atoms with Crippen LogP contribution in [0.25, 0.3) is 0 Å². The van der Waals surface area contributed by atoms with E-state index in [1.807, 2.05) is 0 Å². The summed E-state index contributed by atoms with van der Waals surface area (Å²) in [7, 11) is 2.26. The molecule has 3 heteroatoms. The van der Waals surface area contributed by atoms with Gasteiger partial charge in [-0.05, 0) is 38.9 Å². The third kappa shape index (κ3) is 6.12. The SMILES string of the molecule is CCC(C)CN(C)CCSC1CCNCC1. The summed E-state index contributed by atoms with van der Waals surface area (Å²) in [4.78, 5) is 2.49. The molecule has 0 saturated carbocycles. The summed E-state index contributed by atoms with van der Waals surface area (Å²) in [6.07, 6.45) is 4.02. The minimum atomic E-state index is 0.842. The van der Waals surface area contributed by atoms with E-state index in [1.54, 1.807) is 0 Å². The summed E-state index contributed by atoms with van der Waals surface area (Å²) in [5, 5.41) is 4.34. The minimum absolute atomic E-state index is 0.842. The lowest BCUT2D eigenvalue weighted by Gasteiger charge is -2.24. The first-order valence-electron chi connectivity index (χ1n) is 6.73. The third-order valence-corrected chi connectivity index (χ3v) is 4.79. The van der Waals surface area contributed by atoms with Crippen LogP contribution in [0.1, 0.15) is 33.1 Å². The number of hydrogen-bond donors (Lipinski definition) is 1. The molecule has 0 amide bonds. The molecule has 16 heavy (non-hydrogen) atoms. The molecular formula is C13H28N2S. The monoisotopic (exact) mass is 244 g/mol. The van der Waals surface area contributed by atoms with Crippen molar-refractivity contribution in [1.82, 2.24) is 10.2 Å². The van der Waals surface area contributed by atoms with Crippen molar-refractivity contribution in [3.8, 4) is 0 Å². The normalized spacial score (nSPS) is 20.2. The Morgan fingerprint density at radius 2 is 2.06 bits per heavy atom. The molecule has 0 aromatic heterocycles. The molecule has 0 aromatic rings. The topological polar surface area (TPSA) is 15.3 Å². The van der Waals surface area contributed by atoms with Gasteiger partial charge < -0.3 is 10.2 Å². The molecule has 1 atom stereocenters. The molecule has 1 aliphatic heterocycles. The number of nitrogens with one attached hydrogen (secondary N) is 1. The number of rotatable bonds is 7. The Morgan fingerprint density at radius 1 is 1.38 bits per heavy atom. The molecule has 2 nitrogen and oxygen atoms in total. The zero-order valence-corrected chi connectivity index (χ0v) is 12.0. The fourth-order valence-electron chi connectivity index (χ4n) is 2.09. The van der Waals surface area contributed by atoms with Crippen LogP contribution >= 0.6 is 11.8 Å². The number of thioether (sulfide) groups is 1. The van der Waals surface area contributed by atoms with Crippen LogP contribution in [0.15, 0.2) is 0 Å². The molecular weight excluding hydrogens is 216 g/mol. The Morgan fingerprint density at radius 3 is 2.69 bits per heavy atom. The molecule has 96 valence electrons. The van der Waals surface area contributed by atoms with Gasteiger partial charge in [-0.15, -0.1) is 0 Å². The van der Waals surface area contributed by atoms with Crippen LogP contribution in [-0.4, -0.2) is 49.1 Å². The number of nitrogens with zero attached hydrogens (tertiary/aromatic N) is 1. The predicted octanol–water partition coefficient (Wildman–Crippen LogP) is 2.45. The van der Waals surface area contributed by atoms with Gasteiger partial charge in [0.15, 0.2) is 0 Å². The van der Waals surface area contributed by atoms with E-state index in [4.69, 9.17) is 0 Å². The summed E-state index contributed by atoms with van der Waals surface area (Å²) < 4.78 is 0. The van der Waals surface area contributed by atoms with Gasteiger partial charge in [0.25, 0.3) is 0 Å². The van der Waals surface area contributed by atoms with Gasteiger partial charge in [0.2, 0.25) is 0 Å². The fraction of sp³-hybridized carbons (Fsp3) is 1.00. The lowest BCUT2D eigenvalue weighted by Crippen LogP contribution is -2.31. The first kappa shape index (κ1) is 14.3. The van der Waals surface area contributed by atoms with Crippen molar-refractivity contribution in [3.05, 3.63) is 0 Å². The maximum atomic E-state index is 3.42. The second-order valence-electron chi connectivity index (χ2n) is 5.10. The van der Waals surface area contributed by atoms with Crippen LogP contribution < -0.4 is 5.32 Å². The first-order valence-corrected chi connectivity index (χ1v) is 7.78. The first-order chi connectivity index (χ1) is 7.72. The second-order valence-corrected chi connectivity index (χ2v) is 6.50. The quantitative estimate of drug-likeness (QED) is 0.740. The van der Waals surface area contributed by atoms with Crippen LogP contribution in [0.4, 0.5) is 0 Å². The minimum Gasteiger partial charge on any atom is -0.317 e.